The van der Waals surface area contributed by atoms with Gasteiger partial charge in [-0.05, 0) is 50.5 Å². The van der Waals surface area contributed by atoms with Crippen LogP contribution in [0, 0.1) is 24.9 Å². The predicted molar refractivity (Wildman–Crippen MR) is 104 cm³/mol. The number of aromatic nitrogens is 5. The Labute approximate surface area is 187 Å². The Morgan fingerprint density at radius 3 is 2.17 bits per heavy atom. The van der Waals surface area contributed by atoms with E-state index in [9.17, 15) is 8.78 Å². The van der Waals surface area contributed by atoms with Crippen molar-refractivity contribution in [2.45, 2.75) is 26.2 Å². The SMILES string of the molecule is Cc1cnc(-c2cccc(C(C)(C)c3cccc(-c4[c-]cc(F)nc4F)n3)n2)[n-]1.[Pt+2]. The second kappa shape index (κ2) is 8.52. The Balaban J connectivity index is 0.00000256. The van der Waals surface area contributed by atoms with Crippen molar-refractivity contribution < 1.29 is 29.8 Å². The molecular weight excluding hydrogens is 567 g/mol. The van der Waals surface area contributed by atoms with Crippen molar-refractivity contribution in [1.29, 1.82) is 0 Å². The summed E-state index contributed by atoms with van der Waals surface area (Å²) in [6.45, 7) is 5.83. The fourth-order valence-electron chi connectivity index (χ4n) is 3.02. The van der Waals surface area contributed by atoms with Gasteiger partial charge in [-0.15, -0.1) is 6.07 Å². The number of pyridine rings is 3. The molecule has 0 radical (unpaired) electrons. The van der Waals surface area contributed by atoms with Crippen molar-refractivity contribution in [3.05, 3.63) is 83.7 Å². The summed E-state index contributed by atoms with van der Waals surface area (Å²) in [7, 11) is 0. The summed E-state index contributed by atoms with van der Waals surface area (Å²) in [6.07, 6.45) is 1.70. The zero-order chi connectivity index (χ0) is 20.6. The molecule has 0 saturated heterocycles. The average molecular weight is 584 g/mol. The van der Waals surface area contributed by atoms with E-state index in [0.717, 1.165) is 17.5 Å². The quantitative estimate of drug-likeness (QED) is 0.265. The Morgan fingerprint density at radius 2 is 1.57 bits per heavy atom. The minimum Gasteiger partial charge on any atom is -0.441 e. The summed E-state index contributed by atoms with van der Waals surface area (Å²) in [5, 5.41) is 0. The van der Waals surface area contributed by atoms with Gasteiger partial charge >= 0.3 is 21.1 Å². The summed E-state index contributed by atoms with van der Waals surface area (Å²) in [5.41, 5.74) is 2.70. The third-order valence-corrected chi connectivity index (χ3v) is 4.67. The third kappa shape index (κ3) is 4.21. The monoisotopic (exact) mass is 584 g/mol. The predicted octanol–water partition coefficient (Wildman–Crippen LogP) is 4.27. The van der Waals surface area contributed by atoms with E-state index < -0.39 is 17.3 Å². The molecule has 154 valence electrons. The van der Waals surface area contributed by atoms with Crippen LogP contribution in [-0.2, 0) is 26.5 Å². The molecule has 0 atom stereocenters. The number of rotatable bonds is 4. The molecule has 0 aromatic carbocycles. The van der Waals surface area contributed by atoms with Crippen molar-refractivity contribution in [1.82, 2.24) is 24.9 Å². The number of halogens is 2. The van der Waals surface area contributed by atoms with Gasteiger partial charge in [-0.1, -0.05) is 41.7 Å². The zero-order valence-corrected chi connectivity index (χ0v) is 18.7. The topological polar surface area (TPSA) is 65.7 Å². The second-order valence-electron chi connectivity index (χ2n) is 7.17. The Bertz CT molecular complexity index is 1190. The molecule has 0 aliphatic rings. The molecule has 4 heterocycles. The average Bonchev–Trinajstić information content (AvgIpc) is 3.14. The van der Waals surface area contributed by atoms with Gasteiger partial charge in [-0.2, -0.15) is 0 Å². The Hall–Kier alpha value is -2.79. The fraction of sp³-hybridized carbons (Fsp3) is 0.182. The van der Waals surface area contributed by atoms with Crippen LogP contribution in [0.15, 0.2) is 48.7 Å². The maximum absolute atomic E-state index is 14.1. The maximum atomic E-state index is 14.1. The van der Waals surface area contributed by atoms with Crippen LogP contribution in [0.2, 0.25) is 0 Å². The molecule has 0 fully saturated rings. The number of hydrogen-bond donors (Lipinski definition) is 0. The first kappa shape index (κ1) is 21.9. The van der Waals surface area contributed by atoms with Crippen molar-refractivity contribution in [2.24, 2.45) is 0 Å². The van der Waals surface area contributed by atoms with Gasteiger partial charge in [0.1, 0.15) is 11.9 Å². The van der Waals surface area contributed by atoms with Gasteiger partial charge in [0.05, 0.1) is 11.4 Å². The standard InChI is InChI=1S/C22H17F2N5.Pt/c1-13-12-25-21(26-13)16-7-5-9-18(28-16)22(2,3)17-8-4-6-15(27-17)14-10-11-19(23)29-20(14)24;/h4-9,11-12H,1-3H3;/q-2;+2. The number of aryl methyl sites for hydroxylation is 1. The normalized spacial score (nSPS) is 11.2. The minimum atomic E-state index is -0.948. The van der Waals surface area contributed by atoms with Crippen LogP contribution < -0.4 is 4.98 Å². The van der Waals surface area contributed by atoms with E-state index in [1.165, 1.54) is 0 Å². The summed E-state index contributed by atoms with van der Waals surface area (Å²) < 4.78 is 27.2. The van der Waals surface area contributed by atoms with E-state index in [-0.39, 0.29) is 26.6 Å². The molecule has 8 heteroatoms. The fourth-order valence-corrected chi connectivity index (χ4v) is 3.02. The Morgan fingerprint density at radius 1 is 0.933 bits per heavy atom. The third-order valence-electron chi connectivity index (χ3n) is 4.67. The molecule has 30 heavy (non-hydrogen) atoms. The summed E-state index contributed by atoms with van der Waals surface area (Å²) in [5.74, 6) is -1.30. The van der Waals surface area contributed by atoms with Gasteiger partial charge in [0.2, 0.25) is 0 Å². The van der Waals surface area contributed by atoms with E-state index >= 15 is 0 Å². The largest absolute Gasteiger partial charge is 2.00 e. The van der Waals surface area contributed by atoms with Crippen LogP contribution in [0.25, 0.3) is 22.8 Å². The van der Waals surface area contributed by atoms with Crippen LogP contribution in [-0.4, -0.2) is 19.9 Å². The second-order valence-corrected chi connectivity index (χ2v) is 7.17. The van der Waals surface area contributed by atoms with E-state index in [4.69, 9.17) is 4.98 Å². The number of hydrogen-bond acceptors (Lipinski definition) is 4. The van der Waals surface area contributed by atoms with Gasteiger partial charge in [0.25, 0.3) is 0 Å². The van der Waals surface area contributed by atoms with Crippen LogP contribution >= 0.6 is 0 Å². The maximum Gasteiger partial charge on any atom is 2.00 e. The van der Waals surface area contributed by atoms with Gasteiger partial charge in [0, 0.05) is 11.1 Å². The van der Waals surface area contributed by atoms with Crippen molar-refractivity contribution in [3.8, 4) is 22.8 Å². The molecule has 0 N–H and O–H groups in total. The molecule has 5 nitrogen and oxygen atoms in total. The van der Waals surface area contributed by atoms with Gasteiger partial charge in [-0.25, -0.2) is 8.78 Å². The van der Waals surface area contributed by atoms with Crippen LogP contribution in [0.4, 0.5) is 8.78 Å². The van der Waals surface area contributed by atoms with Crippen molar-refractivity contribution >= 4 is 0 Å². The van der Waals surface area contributed by atoms with Crippen molar-refractivity contribution in [3.63, 3.8) is 0 Å². The first-order valence-corrected chi connectivity index (χ1v) is 9.00. The van der Waals surface area contributed by atoms with Crippen LogP contribution in [0.3, 0.4) is 0 Å². The molecule has 0 saturated carbocycles. The summed E-state index contributed by atoms with van der Waals surface area (Å²) in [6, 6.07) is 14.5. The molecular formula is C22H17F2N5Pt. The van der Waals surface area contributed by atoms with E-state index in [1.54, 1.807) is 18.3 Å². The zero-order valence-electron chi connectivity index (χ0n) is 16.4. The van der Waals surface area contributed by atoms with E-state index in [0.29, 0.717) is 22.9 Å². The van der Waals surface area contributed by atoms with Gasteiger partial charge < -0.3 is 15.0 Å². The van der Waals surface area contributed by atoms with E-state index in [2.05, 4.69) is 26.0 Å². The molecule has 0 amide bonds. The molecule has 4 aromatic heterocycles. The summed E-state index contributed by atoms with van der Waals surface area (Å²) in [4.78, 5) is 21.2. The first-order valence-electron chi connectivity index (χ1n) is 9.00. The smallest absolute Gasteiger partial charge is 0.441 e. The van der Waals surface area contributed by atoms with E-state index in [1.807, 2.05) is 45.0 Å². The molecule has 0 aliphatic carbocycles. The molecule has 4 rings (SSSR count). The molecule has 0 unspecified atom stereocenters. The van der Waals surface area contributed by atoms with Crippen molar-refractivity contribution in [2.75, 3.05) is 0 Å². The van der Waals surface area contributed by atoms with Crippen LogP contribution in [0.1, 0.15) is 30.9 Å². The first-order chi connectivity index (χ1) is 13.8. The molecule has 0 bridgehead atoms. The van der Waals surface area contributed by atoms with Crippen LogP contribution in [0.5, 0.6) is 0 Å². The van der Waals surface area contributed by atoms with Gasteiger partial charge in [0.15, 0.2) is 0 Å². The molecule has 0 aliphatic heterocycles. The van der Waals surface area contributed by atoms with Gasteiger partial charge in [-0.3, -0.25) is 9.97 Å². The Kier molecular flexibility index (Phi) is 6.22. The number of imidazole rings is 1. The minimum absolute atomic E-state index is 0. The molecule has 0 spiro atoms. The number of nitrogens with zero attached hydrogens (tertiary/aromatic N) is 5. The summed E-state index contributed by atoms with van der Waals surface area (Å²) >= 11 is 0. The molecule has 4 aromatic rings.